The van der Waals surface area contributed by atoms with Gasteiger partial charge in [0.1, 0.15) is 34.3 Å². The number of anilines is 1. The molecule has 1 aromatic rings. The highest BCUT2D eigenvalue weighted by atomic mass is 19.1. The Balaban J connectivity index is 1.05. The Labute approximate surface area is 308 Å². The number of rotatable bonds is 5. The molecule has 4 saturated carbocycles. The molecule has 10 aliphatic rings. The maximum absolute atomic E-state index is 14.4. The predicted molar refractivity (Wildman–Crippen MR) is 190 cm³/mol. The highest BCUT2D eigenvalue weighted by Gasteiger charge is 2.70. The maximum atomic E-state index is 14.4. The van der Waals surface area contributed by atoms with Gasteiger partial charge in [-0.25, -0.2) is 28.7 Å². The van der Waals surface area contributed by atoms with Crippen molar-refractivity contribution in [1.29, 1.82) is 0 Å². The molecule has 4 aliphatic carbocycles. The fourth-order valence-electron chi connectivity index (χ4n) is 13.3. The van der Waals surface area contributed by atoms with Crippen LogP contribution in [0.15, 0.2) is 18.2 Å². The molecule has 4 bridgehead atoms. The van der Waals surface area contributed by atoms with E-state index in [0.717, 1.165) is 69.8 Å². The summed E-state index contributed by atoms with van der Waals surface area (Å²) in [6.07, 6.45) is 8.36. The van der Waals surface area contributed by atoms with E-state index in [4.69, 9.17) is 33.8 Å². The van der Waals surface area contributed by atoms with Gasteiger partial charge in [-0.2, -0.15) is 0 Å². The van der Waals surface area contributed by atoms with E-state index in [1.54, 1.807) is 13.0 Å². The number of hydrogen-bond acceptors (Lipinski definition) is 8. The van der Waals surface area contributed by atoms with Gasteiger partial charge in [-0.1, -0.05) is 27.7 Å². The molecule has 6 saturated heterocycles. The maximum Gasteiger partial charge on any atom is 0.411 e. The second-order valence-electron chi connectivity index (χ2n) is 19.3. The summed E-state index contributed by atoms with van der Waals surface area (Å²) < 4.78 is 35.5. The Morgan fingerprint density at radius 1 is 0.788 bits per heavy atom. The fraction of sp³-hybridized carbons (Fsp3) is 0.833. The number of fused-ring (bicyclic) bond motifs is 4. The van der Waals surface area contributed by atoms with Crippen LogP contribution in [0.3, 0.4) is 0 Å². The third-order valence-corrected chi connectivity index (χ3v) is 16.0. The molecule has 2 spiro atoms. The molecular weight excluding hydrogens is 665 g/mol. The average molecular weight is 726 g/mol. The van der Waals surface area contributed by atoms with E-state index in [1.807, 2.05) is 0 Å². The Hall–Kier alpha value is -1.82. The SMILES string of the molecule is Cc1cc(F)cc(NC(=O)O[C@@H](C[C@H]2O[C@@H]3C[C@@]4(C)CC[C@H]5[C@H](C)CC[C@@H]([C@H]2C)[C@@]35OO4)C2O[C@@H]3C[C@@]4(C)CC[C@H]5[C@H](C)CC[C@@H]([C@H]2C)[C@@]35OO4)c1. The molecule has 6 aliphatic heterocycles. The van der Waals surface area contributed by atoms with Crippen LogP contribution in [0.4, 0.5) is 14.9 Å². The van der Waals surface area contributed by atoms with E-state index in [2.05, 4.69) is 46.9 Å². The Bertz CT molecular complexity index is 1540. The van der Waals surface area contributed by atoms with Crippen molar-refractivity contribution in [3.63, 3.8) is 0 Å². The predicted octanol–water partition coefficient (Wildman–Crippen LogP) is 8.86. The second kappa shape index (κ2) is 12.6. The summed E-state index contributed by atoms with van der Waals surface area (Å²) in [5.41, 5.74) is -0.704. The lowest BCUT2D eigenvalue weighted by Crippen LogP contribution is -2.71. The van der Waals surface area contributed by atoms with Crippen molar-refractivity contribution in [2.75, 3.05) is 5.32 Å². The van der Waals surface area contributed by atoms with Crippen LogP contribution in [0.25, 0.3) is 0 Å². The van der Waals surface area contributed by atoms with E-state index >= 15 is 0 Å². The van der Waals surface area contributed by atoms with Gasteiger partial charge in [0.05, 0.1) is 24.4 Å². The smallest absolute Gasteiger partial charge is 0.411 e. The molecule has 52 heavy (non-hydrogen) atoms. The van der Waals surface area contributed by atoms with Crippen molar-refractivity contribution in [1.82, 2.24) is 0 Å². The number of halogens is 1. The van der Waals surface area contributed by atoms with E-state index in [9.17, 15) is 9.18 Å². The largest absolute Gasteiger partial charge is 0.443 e. The molecule has 1 N–H and O–H groups in total. The minimum absolute atomic E-state index is 0.0289. The van der Waals surface area contributed by atoms with E-state index in [-0.39, 0.29) is 53.7 Å². The van der Waals surface area contributed by atoms with Gasteiger partial charge in [0.15, 0.2) is 0 Å². The summed E-state index contributed by atoms with van der Waals surface area (Å²) >= 11 is 0. The van der Waals surface area contributed by atoms with Gasteiger partial charge in [0.25, 0.3) is 0 Å². The lowest BCUT2D eigenvalue weighted by atomic mass is 9.55. The van der Waals surface area contributed by atoms with Crippen LogP contribution in [0, 0.1) is 60.1 Å². The molecule has 1 aromatic carbocycles. The molecule has 10 fully saturated rings. The normalized spacial score (nSPS) is 51.0. The zero-order valence-electron chi connectivity index (χ0n) is 32.2. The summed E-state index contributed by atoms with van der Waals surface area (Å²) in [7, 11) is 0. The summed E-state index contributed by atoms with van der Waals surface area (Å²) in [6, 6.07) is 4.52. The van der Waals surface area contributed by atoms with Crippen molar-refractivity contribution in [2.24, 2.45) is 47.3 Å². The third-order valence-electron chi connectivity index (χ3n) is 16.0. The van der Waals surface area contributed by atoms with Crippen LogP contribution < -0.4 is 5.32 Å². The van der Waals surface area contributed by atoms with Crippen LogP contribution in [0.2, 0.25) is 0 Å². The van der Waals surface area contributed by atoms with Gasteiger partial charge in [0, 0.05) is 24.9 Å². The van der Waals surface area contributed by atoms with Gasteiger partial charge in [-0.15, -0.1) is 0 Å². The zero-order chi connectivity index (χ0) is 36.4. The first kappa shape index (κ1) is 35.9. The number of benzene rings is 1. The van der Waals surface area contributed by atoms with Crippen LogP contribution in [-0.2, 0) is 33.8 Å². The lowest BCUT2D eigenvalue weighted by Gasteiger charge is -2.62. The number of carbonyl (C=O) groups is 1. The van der Waals surface area contributed by atoms with Gasteiger partial charge in [-0.3, -0.25) is 5.32 Å². The molecule has 11 rings (SSSR count). The van der Waals surface area contributed by atoms with Crippen molar-refractivity contribution in [2.45, 2.75) is 172 Å². The van der Waals surface area contributed by atoms with E-state index < -0.39 is 34.8 Å². The number of aryl methyl sites for hydroxylation is 1. The summed E-state index contributed by atoms with van der Waals surface area (Å²) in [6.45, 7) is 15.4. The molecule has 9 nitrogen and oxygen atoms in total. The van der Waals surface area contributed by atoms with Crippen LogP contribution >= 0.6 is 0 Å². The quantitative estimate of drug-likeness (QED) is 0.301. The molecule has 1 amide bonds. The minimum Gasteiger partial charge on any atom is -0.443 e. The molecule has 10 heteroatoms. The minimum atomic E-state index is -0.612. The summed E-state index contributed by atoms with van der Waals surface area (Å²) in [4.78, 5) is 39.6. The van der Waals surface area contributed by atoms with Crippen molar-refractivity contribution in [3.05, 3.63) is 29.6 Å². The second-order valence-corrected chi connectivity index (χ2v) is 19.3. The van der Waals surface area contributed by atoms with Crippen molar-refractivity contribution < 1.29 is 42.9 Å². The van der Waals surface area contributed by atoms with Crippen LogP contribution in [-0.4, -0.2) is 59.0 Å². The standard InChI is InChI=1S/C42H60FNO8/c1-22-16-27(43)18-28(17-22)44-38(45)47-34(37-26(5)32-11-9-24(3)30-13-15-40(7)21-36(48-37)42(30,32)52-50-40)19-33-25(4)31-10-8-23(2)29-12-14-39(6)20-35(46-33)41(29,31)51-49-39/h16-18,23-26,29-37H,8-15,19-21H2,1-7H3,(H,44,45)/t23-,24-,25-,26-,29+,30+,31+,32+,33-,34+,35-,36-,37?,39-,40-,41-,42-/m1/s1. The van der Waals surface area contributed by atoms with Crippen molar-refractivity contribution in [3.8, 4) is 0 Å². The van der Waals surface area contributed by atoms with Gasteiger partial charge < -0.3 is 14.2 Å². The average Bonchev–Trinajstić information content (AvgIpc) is 3.45. The van der Waals surface area contributed by atoms with Gasteiger partial charge in [-0.05, 0) is 143 Å². The Kier molecular flexibility index (Phi) is 8.69. The number of nitrogens with one attached hydrogen (secondary N) is 1. The highest BCUT2D eigenvalue weighted by Crippen LogP contribution is 2.64. The Morgan fingerprint density at radius 2 is 1.37 bits per heavy atom. The molecular formula is C42H60FNO8. The zero-order valence-corrected chi connectivity index (χ0v) is 32.2. The first-order valence-corrected chi connectivity index (χ1v) is 20.5. The summed E-state index contributed by atoms with van der Waals surface area (Å²) in [5, 5.41) is 2.84. The van der Waals surface area contributed by atoms with Crippen LogP contribution in [0.1, 0.15) is 118 Å². The number of ether oxygens (including phenoxy) is 3. The van der Waals surface area contributed by atoms with Crippen molar-refractivity contribution >= 4 is 11.8 Å². The first-order chi connectivity index (χ1) is 24.7. The fourth-order valence-corrected chi connectivity index (χ4v) is 13.3. The Morgan fingerprint density at radius 3 is 1.96 bits per heavy atom. The topological polar surface area (TPSA) is 93.7 Å². The number of carbonyl (C=O) groups excluding carboxylic acids is 1. The highest BCUT2D eigenvalue weighted by molar-refractivity contribution is 5.84. The molecule has 0 radical (unpaired) electrons. The third kappa shape index (κ3) is 5.46. The molecule has 6 heterocycles. The molecule has 288 valence electrons. The molecule has 17 atom stereocenters. The van der Waals surface area contributed by atoms with E-state index in [1.165, 1.54) is 12.1 Å². The lowest BCUT2D eigenvalue weighted by molar-refractivity contribution is -0.491. The first-order valence-electron chi connectivity index (χ1n) is 20.5. The number of amides is 1. The van der Waals surface area contributed by atoms with E-state index in [0.29, 0.717) is 35.8 Å². The van der Waals surface area contributed by atoms with Gasteiger partial charge in [0.2, 0.25) is 0 Å². The van der Waals surface area contributed by atoms with Gasteiger partial charge >= 0.3 is 6.09 Å². The monoisotopic (exact) mass is 725 g/mol. The summed E-state index contributed by atoms with van der Waals surface area (Å²) in [5.74, 6) is 2.00. The number of hydrogen-bond donors (Lipinski definition) is 1. The molecule has 0 aromatic heterocycles. The van der Waals surface area contributed by atoms with Crippen LogP contribution in [0.5, 0.6) is 0 Å². The molecule has 1 unspecified atom stereocenters.